The van der Waals surface area contributed by atoms with Crippen molar-refractivity contribution in [3.05, 3.63) is 41.4 Å². The van der Waals surface area contributed by atoms with Gasteiger partial charge in [0.1, 0.15) is 16.5 Å². The van der Waals surface area contributed by atoms with E-state index in [1.807, 2.05) is 37.4 Å². The normalized spacial score (nSPS) is 10.5. The summed E-state index contributed by atoms with van der Waals surface area (Å²) in [6, 6.07) is 8.70. The molecule has 0 bridgehead atoms. The number of nitrogens with zero attached hydrogens (tertiary/aromatic N) is 2. The molecule has 0 saturated heterocycles. The van der Waals surface area contributed by atoms with Crippen LogP contribution in [0.3, 0.4) is 0 Å². The lowest BCUT2D eigenvalue weighted by Gasteiger charge is -2.11. The van der Waals surface area contributed by atoms with Crippen molar-refractivity contribution >= 4 is 17.3 Å². The summed E-state index contributed by atoms with van der Waals surface area (Å²) in [7, 11) is 1.48. The monoisotopic (exact) mass is 400 g/mol. The van der Waals surface area contributed by atoms with Crippen molar-refractivity contribution in [3.8, 4) is 39.2 Å². The number of carboxylic acids is 1. The van der Waals surface area contributed by atoms with Crippen molar-refractivity contribution in [2.75, 3.05) is 20.3 Å². The Kier molecular flexibility index (Phi) is 6.10. The van der Waals surface area contributed by atoms with E-state index in [0.717, 1.165) is 10.6 Å². The van der Waals surface area contributed by atoms with Gasteiger partial charge in [-0.3, -0.25) is 0 Å². The summed E-state index contributed by atoms with van der Waals surface area (Å²) in [6.45, 7) is 4.91. The van der Waals surface area contributed by atoms with Gasteiger partial charge in [-0.05, 0) is 32.0 Å². The molecule has 2 heterocycles. The zero-order valence-electron chi connectivity index (χ0n) is 15.8. The highest BCUT2D eigenvalue weighted by molar-refractivity contribution is 7.13. The molecule has 0 amide bonds. The molecule has 28 heavy (non-hydrogen) atoms. The summed E-state index contributed by atoms with van der Waals surface area (Å²) >= 11 is 1.44. The van der Waals surface area contributed by atoms with Crippen LogP contribution < -0.4 is 14.2 Å². The van der Waals surface area contributed by atoms with Crippen molar-refractivity contribution in [2.45, 2.75) is 13.8 Å². The molecule has 0 spiro atoms. The predicted octanol–water partition coefficient (Wildman–Crippen LogP) is 4.38. The Morgan fingerprint density at radius 2 is 1.79 bits per heavy atom. The number of pyridine rings is 1. The summed E-state index contributed by atoms with van der Waals surface area (Å²) < 4.78 is 16.4. The van der Waals surface area contributed by atoms with Gasteiger partial charge in [0, 0.05) is 23.1 Å². The first-order chi connectivity index (χ1) is 13.5. The molecular formula is C20H20N2O5S. The summed E-state index contributed by atoms with van der Waals surface area (Å²) in [6.07, 6.45) is 0. The van der Waals surface area contributed by atoms with Crippen molar-refractivity contribution in [1.29, 1.82) is 0 Å². The minimum Gasteiger partial charge on any atom is -0.497 e. The van der Waals surface area contributed by atoms with Gasteiger partial charge in [-0.2, -0.15) is 0 Å². The molecule has 0 radical (unpaired) electrons. The van der Waals surface area contributed by atoms with Crippen LogP contribution in [0.4, 0.5) is 0 Å². The molecule has 0 atom stereocenters. The first kappa shape index (κ1) is 19.6. The molecular weight excluding hydrogens is 380 g/mol. The van der Waals surface area contributed by atoms with E-state index >= 15 is 0 Å². The molecule has 3 rings (SSSR count). The van der Waals surface area contributed by atoms with Crippen molar-refractivity contribution in [3.63, 3.8) is 0 Å². The second-order valence-electron chi connectivity index (χ2n) is 5.65. The van der Waals surface area contributed by atoms with Crippen LogP contribution in [0.1, 0.15) is 24.3 Å². The lowest BCUT2D eigenvalue weighted by Crippen LogP contribution is -2.02. The number of carboxylic acid groups (broad SMARTS) is 1. The van der Waals surface area contributed by atoms with Crippen molar-refractivity contribution in [2.24, 2.45) is 0 Å². The maximum absolute atomic E-state index is 11.3. The Morgan fingerprint density at radius 3 is 2.46 bits per heavy atom. The van der Waals surface area contributed by atoms with E-state index in [1.54, 1.807) is 6.07 Å². The van der Waals surface area contributed by atoms with Crippen molar-refractivity contribution in [1.82, 2.24) is 9.97 Å². The topological polar surface area (TPSA) is 90.8 Å². The van der Waals surface area contributed by atoms with E-state index in [4.69, 9.17) is 14.2 Å². The van der Waals surface area contributed by atoms with E-state index in [1.165, 1.54) is 24.5 Å². The number of carbonyl (C=O) groups is 1. The molecule has 2 aromatic heterocycles. The second-order valence-corrected chi connectivity index (χ2v) is 6.51. The number of rotatable bonds is 8. The molecule has 0 fully saturated rings. The smallest absolute Gasteiger partial charge is 0.354 e. The first-order valence-electron chi connectivity index (χ1n) is 8.71. The van der Waals surface area contributed by atoms with Crippen molar-refractivity contribution < 1.29 is 24.1 Å². The van der Waals surface area contributed by atoms with Gasteiger partial charge in [-0.25, -0.2) is 14.8 Å². The van der Waals surface area contributed by atoms with Gasteiger partial charge in [0.25, 0.3) is 0 Å². The number of hydrogen-bond donors (Lipinski definition) is 1. The zero-order chi connectivity index (χ0) is 20.1. The molecule has 0 saturated carbocycles. The predicted molar refractivity (Wildman–Crippen MR) is 107 cm³/mol. The standard InChI is InChI=1S/C20H20N2O5S/c1-4-26-17-7-6-12(8-18(17)27-5-2)19-22-16(11-28-19)14-9-13(25-3)10-15(21-14)20(23)24/h6-11H,4-5H2,1-3H3,(H,23,24). The van der Waals surface area contributed by atoms with E-state index in [0.29, 0.717) is 41.9 Å². The Labute approximate surface area is 166 Å². The molecule has 146 valence electrons. The summed E-state index contributed by atoms with van der Waals surface area (Å²) in [5, 5.41) is 11.8. The molecule has 8 heteroatoms. The Bertz CT molecular complexity index is 986. The average Bonchev–Trinajstić information content (AvgIpc) is 3.19. The van der Waals surface area contributed by atoms with Crippen LogP contribution in [0.2, 0.25) is 0 Å². The van der Waals surface area contributed by atoms with Crippen LogP contribution in [0, 0.1) is 0 Å². The van der Waals surface area contributed by atoms with Gasteiger partial charge >= 0.3 is 5.97 Å². The highest BCUT2D eigenvalue weighted by Crippen LogP contribution is 2.35. The molecule has 3 aromatic rings. The zero-order valence-corrected chi connectivity index (χ0v) is 16.6. The minimum absolute atomic E-state index is 0.0939. The SMILES string of the molecule is CCOc1ccc(-c2nc(-c3cc(OC)cc(C(=O)O)n3)cs2)cc1OCC. The Morgan fingerprint density at radius 1 is 1.04 bits per heavy atom. The van der Waals surface area contributed by atoms with Gasteiger partial charge in [-0.15, -0.1) is 11.3 Å². The van der Waals surface area contributed by atoms with Gasteiger partial charge < -0.3 is 19.3 Å². The maximum atomic E-state index is 11.3. The summed E-state index contributed by atoms with van der Waals surface area (Å²) in [5.41, 5.74) is 1.80. The Balaban J connectivity index is 1.97. The highest BCUT2D eigenvalue weighted by atomic mass is 32.1. The van der Waals surface area contributed by atoms with Gasteiger partial charge in [0.05, 0.1) is 26.0 Å². The third-order valence-corrected chi connectivity index (χ3v) is 4.70. The summed E-state index contributed by atoms with van der Waals surface area (Å²) in [5.74, 6) is 0.636. The van der Waals surface area contributed by atoms with Crippen LogP contribution in [-0.4, -0.2) is 41.4 Å². The van der Waals surface area contributed by atoms with Crippen LogP contribution in [-0.2, 0) is 0 Å². The molecule has 0 unspecified atom stereocenters. The van der Waals surface area contributed by atoms with Gasteiger partial charge in [-0.1, -0.05) is 0 Å². The minimum atomic E-state index is -1.12. The molecule has 1 aromatic carbocycles. The lowest BCUT2D eigenvalue weighted by atomic mass is 10.2. The van der Waals surface area contributed by atoms with E-state index in [2.05, 4.69) is 9.97 Å². The van der Waals surface area contributed by atoms with Gasteiger partial charge in [0.2, 0.25) is 0 Å². The fourth-order valence-electron chi connectivity index (χ4n) is 2.57. The van der Waals surface area contributed by atoms with E-state index in [9.17, 15) is 9.90 Å². The highest BCUT2D eigenvalue weighted by Gasteiger charge is 2.15. The molecule has 0 aliphatic heterocycles. The average molecular weight is 400 g/mol. The fraction of sp³-hybridized carbons (Fsp3) is 0.250. The Hall–Kier alpha value is -3.13. The molecule has 7 nitrogen and oxygen atoms in total. The number of thiazole rings is 1. The van der Waals surface area contributed by atoms with Crippen LogP contribution in [0.15, 0.2) is 35.7 Å². The third kappa shape index (κ3) is 4.23. The largest absolute Gasteiger partial charge is 0.497 e. The van der Waals surface area contributed by atoms with Crippen LogP contribution in [0.5, 0.6) is 17.2 Å². The van der Waals surface area contributed by atoms with E-state index in [-0.39, 0.29) is 5.69 Å². The lowest BCUT2D eigenvalue weighted by molar-refractivity contribution is 0.0690. The first-order valence-corrected chi connectivity index (χ1v) is 9.59. The third-order valence-electron chi connectivity index (χ3n) is 3.81. The maximum Gasteiger partial charge on any atom is 0.354 e. The quantitative estimate of drug-likeness (QED) is 0.600. The number of ether oxygens (including phenoxy) is 3. The number of aromatic nitrogens is 2. The van der Waals surface area contributed by atoms with Crippen LogP contribution >= 0.6 is 11.3 Å². The van der Waals surface area contributed by atoms with Gasteiger partial charge in [0.15, 0.2) is 17.2 Å². The number of aromatic carboxylic acids is 1. The summed E-state index contributed by atoms with van der Waals surface area (Å²) in [4.78, 5) is 20.1. The van der Waals surface area contributed by atoms with Crippen LogP contribution in [0.25, 0.3) is 22.0 Å². The molecule has 0 aliphatic rings. The molecule has 1 N–H and O–H groups in total. The number of methoxy groups -OCH3 is 1. The molecule has 0 aliphatic carbocycles. The number of hydrogen-bond acceptors (Lipinski definition) is 7. The number of benzene rings is 1. The van der Waals surface area contributed by atoms with E-state index < -0.39 is 5.97 Å². The fourth-order valence-corrected chi connectivity index (χ4v) is 3.38. The second kappa shape index (κ2) is 8.71.